The third kappa shape index (κ3) is 3.08. The molecule has 16 heavy (non-hydrogen) atoms. The van der Waals surface area contributed by atoms with Crippen LogP contribution in [0, 0.1) is 5.92 Å². The molecule has 1 N–H and O–H groups in total. The first-order chi connectivity index (χ1) is 7.75. The van der Waals surface area contributed by atoms with E-state index in [1.807, 2.05) is 19.4 Å². The van der Waals surface area contributed by atoms with Crippen LogP contribution in [-0.2, 0) is 13.5 Å². The Morgan fingerprint density at radius 3 is 2.62 bits per heavy atom. The lowest BCUT2D eigenvalue weighted by molar-refractivity contribution is 0.0986. The Morgan fingerprint density at radius 2 is 2.06 bits per heavy atom. The van der Waals surface area contributed by atoms with Crippen molar-refractivity contribution in [1.82, 2.24) is 9.78 Å². The van der Waals surface area contributed by atoms with Gasteiger partial charge in [0.1, 0.15) is 0 Å². The number of hydrogen-bond donors (Lipinski definition) is 1. The molecular weight excluding hydrogens is 200 g/mol. The van der Waals surface area contributed by atoms with Gasteiger partial charge in [-0.3, -0.25) is 4.68 Å². The Kier molecular flexibility index (Phi) is 3.99. The first kappa shape index (κ1) is 11.6. The van der Waals surface area contributed by atoms with Gasteiger partial charge in [0.2, 0.25) is 0 Å². The maximum absolute atomic E-state index is 10.2. The molecule has 0 spiro atoms. The molecule has 1 aromatic rings. The Labute approximate surface area is 97.5 Å². The first-order valence-electron chi connectivity index (χ1n) is 6.41. The maximum atomic E-state index is 10.2. The zero-order valence-electron chi connectivity index (χ0n) is 10.1. The van der Waals surface area contributed by atoms with E-state index in [4.69, 9.17) is 0 Å². The Hall–Kier alpha value is -0.830. The molecule has 0 aliphatic heterocycles. The van der Waals surface area contributed by atoms with Gasteiger partial charge in [0.25, 0.3) is 0 Å². The van der Waals surface area contributed by atoms with Crippen LogP contribution in [-0.4, -0.2) is 21.0 Å². The lowest BCUT2D eigenvalue weighted by Gasteiger charge is -2.20. The second-order valence-electron chi connectivity index (χ2n) is 5.05. The third-order valence-corrected chi connectivity index (χ3v) is 3.65. The summed E-state index contributed by atoms with van der Waals surface area (Å²) in [5.41, 5.74) is 1.15. The molecule has 0 radical (unpaired) electrons. The van der Waals surface area contributed by atoms with Gasteiger partial charge < -0.3 is 5.11 Å². The smallest absolute Gasteiger partial charge is 0.0609 e. The van der Waals surface area contributed by atoms with E-state index in [2.05, 4.69) is 5.10 Å². The highest BCUT2D eigenvalue weighted by atomic mass is 16.3. The van der Waals surface area contributed by atoms with Gasteiger partial charge in [-0.2, -0.15) is 5.10 Å². The molecule has 1 aliphatic rings. The normalized spacial score (nSPS) is 20.6. The van der Waals surface area contributed by atoms with Crippen molar-refractivity contribution in [1.29, 1.82) is 0 Å². The minimum absolute atomic E-state index is 0.178. The summed E-state index contributed by atoms with van der Waals surface area (Å²) in [5.74, 6) is 0.503. The van der Waals surface area contributed by atoms with E-state index in [0.717, 1.165) is 12.0 Å². The first-order valence-corrected chi connectivity index (χ1v) is 6.41. The van der Waals surface area contributed by atoms with E-state index in [0.29, 0.717) is 5.92 Å². The van der Waals surface area contributed by atoms with E-state index >= 15 is 0 Å². The van der Waals surface area contributed by atoms with E-state index in [9.17, 15) is 5.11 Å². The predicted octanol–water partition coefficient (Wildman–Crippen LogP) is 2.29. The molecule has 1 unspecified atom stereocenters. The molecule has 1 fully saturated rings. The summed E-state index contributed by atoms with van der Waals surface area (Å²) in [6, 6.07) is 0. The van der Waals surface area contributed by atoms with Crippen molar-refractivity contribution in [3.63, 3.8) is 0 Å². The van der Waals surface area contributed by atoms with Crippen molar-refractivity contribution >= 4 is 0 Å². The van der Waals surface area contributed by atoms with Gasteiger partial charge in [-0.05, 0) is 24.3 Å². The second kappa shape index (κ2) is 5.48. The van der Waals surface area contributed by atoms with Crippen molar-refractivity contribution in [2.75, 3.05) is 0 Å². The molecular formula is C13H22N2O. The van der Waals surface area contributed by atoms with Crippen molar-refractivity contribution in [2.24, 2.45) is 13.0 Å². The van der Waals surface area contributed by atoms with Crippen LogP contribution in [0.4, 0.5) is 0 Å². The topological polar surface area (TPSA) is 38.0 Å². The van der Waals surface area contributed by atoms with Crippen molar-refractivity contribution < 1.29 is 5.11 Å². The molecule has 1 aromatic heterocycles. The van der Waals surface area contributed by atoms with Gasteiger partial charge >= 0.3 is 0 Å². The van der Waals surface area contributed by atoms with Crippen molar-refractivity contribution in [3.8, 4) is 0 Å². The van der Waals surface area contributed by atoms with Crippen LogP contribution < -0.4 is 0 Å². The van der Waals surface area contributed by atoms with Crippen molar-refractivity contribution in [2.45, 2.75) is 51.0 Å². The van der Waals surface area contributed by atoms with Gasteiger partial charge in [-0.25, -0.2) is 0 Å². The highest BCUT2D eigenvalue weighted by Crippen LogP contribution is 2.26. The fourth-order valence-corrected chi connectivity index (χ4v) is 2.68. The molecule has 3 nitrogen and oxygen atoms in total. The van der Waals surface area contributed by atoms with E-state index in [-0.39, 0.29) is 6.10 Å². The summed E-state index contributed by atoms with van der Waals surface area (Å²) < 4.78 is 1.80. The summed E-state index contributed by atoms with van der Waals surface area (Å²) in [6.07, 6.45) is 12.1. The number of aliphatic hydroxyl groups is 1. The molecule has 1 saturated carbocycles. The molecule has 0 bridgehead atoms. The number of aromatic nitrogens is 2. The van der Waals surface area contributed by atoms with Gasteiger partial charge in [0.05, 0.1) is 12.3 Å². The number of nitrogens with zero attached hydrogens (tertiary/aromatic N) is 2. The molecule has 0 saturated heterocycles. The molecule has 3 heteroatoms. The highest BCUT2D eigenvalue weighted by Gasteiger charge is 2.21. The van der Waals surface area contributed by atoms with E-state index < -0.39 is 0 Å². The molecule has 0 amide bonds. The fourth-order valence-electron chi connectivity index (χ4n) is 2.68. The quantitative estimate of drug-likeness (QED) is 0.797. The van der Waals surface area contributed by atoms with Crippen molar-refractivity contribution in [3.05, 3.63) is 18.0 Å². The molecule has 1 atom stereocenters. The zero-order valence-corrected chi connectivity index (χ0v) is 10.1. The summed E-state index contributed by atoms with van der Waals surface area (Å²) in [6.45, 7) is 0. The summed E-state index contributed by atoms with van der Waals surface area (Å²) in [4.78, 5) is 0. The number of rotatable bonds is 3. The molecule has 1 aliphatic carbocycles. The number of aliphatic hydroxyl groups excluding tert-OH is 1. The van der Waals surface area contributed by atoms with Crippen LogP contribution in [0.3, 0.4) is 0 Å². The minimum Gasteiger partial charge on any atom is -0.392 e. The van der Waals surface area contributed by atoms with Crippen LogP contribution in [0.25, 0.3) is 0 Å². The Morgan fingerprint density at radius 1 is 1.38 bits per heavy atom. The average Bonchev–Trinajstić information content (AvgIpc) is 2.56. The van der Waals surface area contributed by atoms with E-state index in [1.165, 1.54) is 38.5 Å². The van der Waals surface area contributed by atoms with Gasteiger partial charge in [0, 0.05) is 19.7 Å². The summed E-state index contributed by atoms with van der Waals surface area (Å²) in [7, 11) is 1.92. The third-order valence-electron chi connectivity index (χ3n) is 3.65. The molecule has 1 heterocycles. The van der Waals surface area contributed by atoms with Crippen LogP contribution in [0.2, 0.25) is 0 Å². The number of hydrogen-bond acceptors (Lipinski definition) is 2. The Bertz CT molecular complexity index is 313. The van der Waals surface area contributed by atoms with Crippen LogP contribution in [0.5, 0.6) is 0 Å². The van der Waals surface area contributed by atoms with Gasteiger partial charge in [0.15, 0.2) is 0 Å². The second-order valence-corrected chi connectivity index (χ2v) is 5.05. The monoisotopic (exact) mass is 222 g/mol. The SMILES string of the molecule is Cn1cc(CC(O)C2CCCCCC2)cn1. The minimum atomic E-state index is -0.178. The average molecular weight is 222 g/mol. The van der Waals surface area contributed by atoms with Gasteiger partial charge in [-0.1, -0.05) is 25.7 Å². The summed E-state index contributed by atoms with van der Waals surface area (Å²) in [5, 5.41) is 14.4. The number of aryl methyl sites for hydroxylation is 1. The van der Waals surface area contributed by atoms with Crippen LogP contribution in [0.1, 0.15) is 44.1 Å². The maximum Gasteiger partial charge on any atom is 0.0609 e. The standard InChI is InChI=1S/C13H22N2O/c1-15-10-11(9-14-15)8-13(16)12-6-4-2-3-5-7-12/h9-10,12-13,16H,2-8H2,1H3. The zero-order chi connectivity index (χ0) is 11.4. The van der Waals surface area contributed by atoms with E-state index in [1.54, 1.807) is 4.68 Å². The predicted molar refractivity (Wildman–Crippen MR) is 64.1 cm³/mol. The van der Waals surface area contributed by atoms with Crippen LogP contribution >= 0.6 is 0 Å². The lowest BCUT2D eigenvalue weighted by Crippen LogP contribution is -2.22. The van der Waals surface area contributed by atoms with Gasteiger partial charge in [-0.15, -0.1) is 0 Å². The molecule has 90 valence electrons. The highest BCUT2D eigenvalue weighted by molar-refractivity contribution is 5.05. The van der Waals surface area contributed by atoms with Crippen LogP contribution in [0.15, 0.2) is 12.4 Å². The summed E-state index contributed by atoms with van der Waals surface area (Å²) >= 11 is 0. The molecule has 2 rings (SSSR count). The Balaban J connectivity index is 1.88. The largest absolute Gasteiger partial charge is 0.392 e. The molecule has 0 aromatic carbocycles. The lowest BCUT2D eigenvalue weighted by atomic mass is 9.91. The fraction of sp³-hybridized carbons (Fsp3) is 0.769.